The van der Waals surface area contributed by atoms with Gasteiger partial charge >= 0.3 is 12.2 Å². The number of aromatic hydroxyl groups is 1. The summed E-state index contributed by atoms with van der Waals surface area (Å²) in [6, 6.07) is 5.62. The Balaban J connectivity index is 2.65. The van der Waals surface area contributed by atoms with Gasteiger partial charge in [-0.15, -0.1) is 0 Å². The van der Waals surface area contributed by atoms with Gasteiger partial charge in [-0.1, -0.05) is 11.6 Å². The lowest BCUT2D eigenvalue weighted by Crippen LogP contribution is -2.32. The molecule has 0 fully saturated rings. The lowest BCUT2D eigenvalue weighted by molar-refractivity contribution is -0.137. The van der Waals surface area contributed by atoms with Crippen LogP contribution in [0.25, 0.3) is 0 Å². The van der Waals surface area contributed by atoms with Gasteiger partial charge in [-0.2, -0.15) is 13.2 Å². The number of nitrogens with two attached hydrogens (primary N) is 1. The number of phenolic OH excluding ortho intramolecular Hbond substituents is 1. The zero-order valence-electron chi connectivity index (χ0n) is 11.9. The zero-order chi connectivity index (χ0) is 17.4. The van der Waals surface area contributed by atoms with Crippen LogP contribution >= 0.6 is 11.6 Å². The number of hydrogen-bond acceptors (Lipinski definition) is 2. The van der Waals surface area contributed by atoms with E-state index in [0.717, 1.165) is 23.1 Å². The van der Waals surface area contributed by atoms with Crippen molar-refractivity contribution in [2.24, 2.45) is 5.73 Å². The van der Waals surface area contributed by atoms with Crippen LogP contribution in [0.5, 0.6) is 5.75 Å². The number of urea groups is 1. The topological polar surface area (TPSA) is 66.6 Å². The lowest BCUT2D eigenvalue weighted by Gasteiger charge is -2.24. The highest BCUT2D eigenvalue weighted by atomic mass is 35.5. The van der Waals surface area contributed by atoms with E-state index >= 15 is 0 Å². The van der Waals surface area contributed by atoms with Crippen LogP contribution in [-0.2, 0) is 6.18 Å². The molecule has 23 heavy (non-hydrogen) atoms. The second-order valence-corrected chi connectivity index (χ2v) is 5.22. The van der Waals surface area contributed by atoms with Gasteiger partial charge in [0.2, 0.25) is 0 Å². The number of carbonyl (C=O) groups excluding carboxylic acids is 1. The van der Waals surface area contributed by atoms with Crippen LogP contribution in [0.4, 0.5) is 29.3 Å². The van der Waals surface area contributed by atoms with Crippen molar-refractivity contribution in [1.82, 2.24) is 0 Å². The molecule has 122 valence electrons. The first kappa shape index (κ1) is 17.0. The largest absolute Gasteiger partial charge is 0.508 e. The molecule has 2 aromatic carbocycles. The highest BCUT2D eigenvalue weighted by molar-refractivity contribution is 6.34. The Morgan fingerprint density at radius 1 is 1.17 bits per heavy atom. The molecule has 2 rings (SSSR count). The number of phenols is 1. The van der Waals surface area contributed by atoms with Crippen LogP contribution in [0.15, 0.2) is 36.4 Å². The van der Waals surface area contributed by atoms with Crippen molar-refractivity contribution in [3.05, 3.63) is 52.5 Å². The molecule has 2 aromatic rings. The van der Waals surface area contributed by atoms with Gasteiger partial charge in [-0.05, 0) is 48.9 Å². The van der Waals surface area contributed by atoms with Gasteiger partial charge in [0, 0.05) is 0 Å². The first-order valence-electron chi connectivity index (χ1n) is 6.37. The van der Waals surface area contributed by atoms with Crippen molar-refractivity contribution >= 4 is 29.0 Å². The lowest BCUT2D eigenvalue weighted by atomic mass is 10.1. The summed E-state index contributed by atoms with van der Waals surface area (Å²) >= 11 is 5.95. The number of primary amides is 1. The summed E-state index contributed by atoms with van der Waals surface area (Å²) in [6.45, 7) is 1.58. The highest BCUT2D eigenvalue weighted by Crippen LogP contribution is 2.39. The van der Waals surface area contributed by atoms with E-state index in [9.17, 15) is 23.1 Å². The van der Waals surface area contributed by atoms with Gasteiger partial charge in [0.15, 0.2) is 0 Å². The number of benzene rings is 2. The molecular formula is C15H12ClF3N2O2. The van der Waals surface area contributed by atoms with Crippen molar-refractivity contribution < 1.29 is 23.1 Å². The van der Waals surface area contributed by atoms with Crippen molar-refractivity contribution in [1.29, 1.82) is 0 Å². The van der Waals surface area contributed by atoms with E-state index in [1.165, 1.54) is 18.2 Å². The fourth-order valence-corrected chi connectivity index (χ4v) is 2.32. The van der Waals surface area contributed by atoms with E-state index in [2.05, 4.69) is 0 Å². The Labute approximate surface area is 134 Å². The second-order valence-electron chi connectivity index (χ2n) is 4.81. The Hall–Kier alpha value is -2.41. The number of anilines is 2. The summed E-state index contributed by atoms with van der Waals surface area (Å²) < 4.78 is 38.7. The van der Waals surface area contributed by atoms with Crippen LogP contribution in [-0.4, -0.2) is 11.1 Å². The van der Waals surface area contributed by atoms with E-state index in [0.29, 0.717) is 5.56 Å². The summed E-state index contributed by atoms with van der Waals surface area (Å²) in [6.07, 6.45) is -4.59. The molecule has 0 aliphatic heterocycles. The standard InChI is InChI=1S/C15H12ClF3N2O2/c1-8-6-10(22)3-5-12(8)21(14(20)23)13-7-9(15(17,18)19)2-4-11(13)16/h2-7,22H,1H3,(H2,20,23). The Bertz CT molecular complexity index is 763. The minimum atomic E-state index is -4.59. The van der Waals surface area contributed by atoms with E-state index in [1.807, 2.05) is 0 Å². The van der Waals surface area contributed by atoms with Gasteiger partial charge in [0.25, 0.3) is 0 Å². The molecule has 0 aromatic heterocycles. The minimum Gasteiger partial charge on any atom is -0.508 e. The Morgan fingerprint density at radius 2 is 1.83 bits per heavy atom. The normalized spacial score (nSPS) is 11.3. The average Bonchev–Trinajstić information content (AvgIpc) is 2.41. The maximum Gasteiger partial charge on any atom is 0.416 e. The third-order valence-electron chi connectivity index (χ3n) is 3.16. The molecule has 0 radical (unpaired) electrons. The molecule has 0 atom stereocenters. The molecule has 0 heterocycles. The fourth-order valence-electron chi connectivity index (χ4n) is 2.12. The van der Waals surface area contributed by atoms with E-state index in [4.69, 9.17) is 17.3 Å². The number of aryl methyl sites for hydroxylation is 1. The number of alkyl halides is 3. The third kappa shape index (κ3) is 3.50. The second kappa shape index (κ2) is 6.00. The van der Waals surface area contributed by atoms with E-state index < -0.39 is 17.8 Å². The fraction of sp³-hybridized carbons (Fsp3) is 0.133. The van der Waals surface area contributed by atoms with Crippen LogP contribution < -0.4 is 10.6 Å². The number of carbonyl (C=O) groups is 1. The third-order valence-corrected chi connectivity index (χ3v) is 3.48. The molecule has 0 bridgehead atoms. The van der Waals surface area contributed by atoms with Crippen LogP contribution in [0.2, 0.25) is 5.02 Å². The average molecular weight is 345 g/mol. The number of nitrogens with zero attached hydrogens (tertiary/aromatic N) is 1. The Kier molecular flexibility index (Phi) is 4.42. The van der Waals surface area contributed by atoms with Gasteiger partial charge in [0.1, 0.15) is 5.75 Å². The molecule has 8 heteroatoms. The number of halogens is 4. The number of rotatable bonds is 2. The van der Waals surface area contributed by atoms with Gasteiger partial charge in [0.05, 0.1) is 22.0 Å². The molecule has 0 aliphatic carbocycles. The number of amides is 2. The van der Waals surface area contributed by atoms with Crippen molar-refractivity contribution in [2.75, 3.05) is 4.90 Å². The van der Waals surface area contributed by atoms with Crippen LogP contribution in [0.3, 0.4) is 0 Å². The van der Waals surface area contributed by atoms with Gasteiger partial charge in [-0.3, -0.25) is 4.90 Å². The summed E-state index contributed by atoms with van der Waals surface area (Å²) in [5.74, 6) is -0.0502. The van der Waals surface area contributed by atoms with Gasteiger partial charge in [-0.25, -0.2) is 4.79 Å². The molecule has 0 unspecified atom stereocenters. The maximum atomic E-state index is 12.9. The summed E-state index contributed by atoms with van der Waals surface area (Å²) in [4.78, 5) is 12.7. The SMILES string of the molecule is Cc1cc(O)ccc1N(C(N)=O)c1cc(C(F)(F)F)ccc1Cl. The summed E-state index contributed by atoms with van der Waals surface area (Å²) in [5.41, 5.74) is 4.83. The maximum absolute atomic E-state index is 12.9. The molecule has 3 N–H and O–H groups in total. The predicted octanol–water partition coefficient (Wildman–Crippen LogP) is 4.59. The molecule has 4 nitrogen and oxygen atoms in total. The van der Waals surface area contributed by atoms with E-state index in [1.54, 1.807) is 6.92 Å². The van der Waals surface area contributed by atoms with Crippen molar-refractivity contribution in [3.8, 4) is 5.75 Å². The first-order chi connectivity index (χ1) is 10.6. The molecular weight excluding hydrogens is 333 g/mol. The number of hydrogen-bond donors (Lipinski definition) is 2. The zero-order valence-corrected chi connectivity index (χ0v) is 12.6. The van der Waals surface area contributed by atoms with Crippen molar-refractivity contribution in [3.63, 3.8) is 0 Å². The minimum absolute atomic E-state index is 0.0502. The van der Waals surface area contributed by atoms with Gasteiger partial charge < -0.3 is 10.8 Å². The first-order valence-corrected chi connectivity index (χ1v) is 6.75. The van der Waals surface area contributed by atoms with E-state index in [-0.39, 0.29) is 22.1 Å². The smallest absolute Gasteiger partial charge is 0.416 e. The van der Waals surface area contributed by atoms with Crippen LogP contribution in [0, 0.1) is 6.92 Å². The quantitative estimate of drug-likeness (QED) is 0.836. The summed E-state index contributed by atoms with van der Waals surface area (Å²) in [7, 11) is 0. The molecule has 0 spiro atoms. The molecule has 0 saturated heterocycles. The Morgan fingerprint density at radius 3 is 2.35 bits per heavy atom. The highest BCUT2D eigenvalue weighted by Gasteiger charge is 2.32. The predicted molar refractivity (Wildman–Crippen MR) is 81.0 cm³/mol. The molecule has 2 amide bonds. The monoisotopic (exact) mass is 344 g/mol. The van der Waals surface area contributed by atoms with Crippen LogP contribution in [0.1, 0.15) is 11.1 Å². The van der Waals surface area contributed by atoms with Crippen molar-refractivity contribution in [2.45, 2.75) is 13.1 Å². The molecule has 0 saturated carbocycles. The molecule has 0 aliphatic rings. The summed E-state index contributed by atoms with van der Waals surface area (Å²) in [5, 5.41) is 9.36.